The minimum atomic E-state index is -0.763. The summed E-state index contributed by atoms with van der Waals surface area (Å²) in [4.78, 5) is 24.7. The maximum Gasteiger partial charge on any atom is 0.317 e. The molecule has 0 spiro atoms. The molecular formula is C15H28N2O3. The Kier molecular flexibility index (Phi) is 6.82. The molecule has 116 valence electrons. The smallest absolute Gasteiger partial charge is 0.317 e. The van der Waals surface area contributed by atoms with Crippen molar-refractivity contribution in [1.82, 2.24) is 10.2 Å². The van der Waals surface area contributed by atoms with Crippen molar-refractivity contribution in [2.75, 3.05) is 20.1 Å². The van der Waals surface area contributed by atoms with Crippen LogP contribution < -0.4 is 5.32 Å². The Balaban J connectivity index is 2.49. The molecule has 0 atom stereocenters. The molecule has 0 radical (unpaired) electrons. The summed E-state index contributed by atoms with van der Waals surface area (Å²) in [6.07, 6.45) is 7.31. The van der Waals surface area contributed by atoms with Gasteiger partial charge < -0.3 is 15.3 Å². The van der Waals surface area contributed by atoms with Crippen molar-refractivity contribution in [2.24, 2.45) is 5.41 Å². The Morgan fingerprint density at radius 1 is 1.25 bits per heavy atom. The van der Waals surface area contributed by atoms with Gasteiger partial charge in [0.05, 0.1) is 6.42 Å². The van der Waals surface area contributed by atoms with Gasteiger partial charge >= 0.3 is 12.0 Å². The van der Waals surface area contributed by atoms with Crippen molar-refractivity contribution < 1.29 is 14.7 Å². The maximum atomic E-state index is 12.0. The fraction of sp³-hybridized carbons (Fsp3) is 0.867. The van der Waals surface area contributed by atoms with Crippen molar-refractivity contribution in [2.45, 2.75) is 58.3 Å². The van der Waals surface area contributed by atoms with Crippen LogP contribution in [-0.2, 0) is 4.79 Å². The predicted octanol–water partition coefficient (Wildman–Crippen LogP) is 2.85. The molecule has 0 aromatic heterocycles. The van der Waals surface area contributed by atoms with E-state index in [2.05, 4.69) is 12.2 Å². The van der Waals surface area contributed by atoms with Crippen LogP contribution in [-0.4, -0.2) is 42.1 Å². The number of hydrogen-bond donors (Lipinski definition) is 2. The Hall–Kier alpha value is -1.26. The minimum absolute atomic E-state index is 0.0891. The SMILES string of the molecule is CCCCN(C)C(=O)NCC1(CC(=O)O)CCCCC1. The van der Waals surface area contributed by atoms with E-state index in [-0.39, 0.29) is 17.9 Å². The van der Waals surface area contributed by atoms with Crippen molar-refractivity contribution in [3.63, 3.8) is 0 Å². The molecule has 20 heavy (non-hydrogen) atoms. The number of rotatable bonds is 7. The number of unbranched alkanes of at least 4 members (excludes halogenated alkanes) is 1. The lowest BCUT2D eigenvalue weighted by Gasteiger charge is -2.36. The van der Waals surface area contributed by atoms with Crippen LogP contribution >= 0.6 is 0 Å². The van der Waals surface area contributed by atoms with Crippen LogP contribution in [0.1, 0.15) is 58.3 Å². The second-order valence-electron chi connectivity index (χ2n) is 6.06. The Morgan fingerprint density at radius 3 is 2.45 bits per heavy atom. The van der Waals surface area contributed by atoms with Gasteiger partial charge in [0.15, 0.2) is 0 Å². The summed E-state index contributed by atoms with van der Waals surface area (Å²) >= 11 is 0. The van der Waals surface area contributed by atoms with Crippen LogP contribution in [0.15, 0.2) is 0 Å². The van der Waals surface area contributed by atoms with Gasteiger partial charge in [-0.15, -0.1) is 0 Å². The number of nitrogens with zero attached hydrogens (tertiary/aromatic N) is 1. The number of urea groups is 1. The number of carboxylic acid groups (broad SMARTS) is 1. The number of carboxylic acids is 1. The molecule has 2 amide bonds. The maximum absolute atomic E-state index is 12.0. The Morgan fingerprint density at radius 2 is 1.90 bits per heavy atom. The first-order valence-electron chi connectivity index (χ1n) is 7.70. The van der Waals surface area contributed by atoms with Crippen molar-refractivity contribution >= 4 is 12.0 Å². The average Bonchev–Trinajstić information content (AvgIpc) is 2.42. The summed E-state index contributed by atoms with van der Waals surface area (Å²) in [6, 6.07) is -0.0891. The molecule has 5 heteroatoms. The van der Waals surface area contributed by atoms with E-state index < -0.39 is 5.97 Å². The molecule has 0 heterocycles. The third-order valence-corrected chi connectivity index (χ3v) is 4.25. The van der Waals surface area contributed by atoms with Crippen LogP contribution in [0.5, 0.6) is 0 Å². The molecule has 0 unspecified atom stereocenters. The lowest BCUT2D eigenvalue weighted by Crippen LogP contribution is -2.45. The lowest BCUT2D eigenvalue weighted by atomic mass is 9.72. The molecule has 1 aliphatic carbocycles. The molecule has 1 rings (SSSR count). The predicted molar refractivity (Wildman–Crippen MR) is 78.7 cm³/mol. The van der Waals surface area contributed by atoms with Crippen LogP contribution in [0.25, 0.3) is 0 Å². The third-order valence-electron chi connectivity index (χ3n) is 4.25. The zero-order chi connectivity index (χ0) is 15.0. The van der Waals surface area contributed by atoms with Gasteiger partial charge in [-0.1, -0.05) is 32.6 Å². The van der Waals surface area contributed by atoms with Gasteiger partial charge in [0.1, 0.15) is 0 Å². The van der Waals surface area contributed by atoms with Crippen LogP contribution in [0.4, 0.5) is 4.79 Å². The molecule has 0 aromatic carbocycles. The van der Waals surface area contributed by atoms with Crippen LogP contribution in [0.3, 0.4) is 0 Å². The second kappa shape index (κ2) is 8.12. The van der Waals surface area contributed by atoms with E-state index in [4.69, 9.17) is 5.11 Å². The molecule has 5 nitrogen and oxygen atoms in total. The minimum Gasteiger partial charge on any atom is -0.481 e. The van der Waals surface area contributed by atoms with Crippen molar-refractivity contribution in [1.29, 1.82) is 0 Å². The normalized spacial score (nSPS) is 17.5. The molecule has 0 saturated heterocycles. The van der Waals surface area contributed by atoms with E-state index in [0.29, 0.717) is 6.54 Å². The molecule has 1 fully saturated rings. The topological polar surface area (TPSA) is 69.6 Å². The number of hydrogen-bond acceptors (Lipinski definition) is 2. The fourth-order valence-corrected chi connectivity index (χ4v) is 2.93. The highest BCUT2D eigenvalue weighted by molar-refractivity contribution is 5.74. The van der Waals surface area contributed by atoms with Gasteiger partial charge in [-0.2, -0.15) is 0 Å². The zero-order valence-electron chi connectivity index (χ0n) is 12.8. The van der Waals surface area contributed by atoms with Crippen molar-refractivity contribution in [3.05, 3.63) is 0 Å². The highest BCUT2D eigenvalue weighted by atomic mass is 16.4. The zero-order valence-corrected chi connectivity index (χ0v) is 12.8. The van der Waals surface area contributed by atoms with Gasteiger partial charge in [0.25, 0.3) is 0 Å². The number of aliphatic carboxylic acids is 1. The standard InChI is InChI=1S/C15H28N2O3/c1-3-4-10-17(2)14(20)16-12-15(11-13(18)19)8-6-5-7-9-15/h3-12H2,1-2H3,(H,16,20)(H,18,19). The Bertz CT molecular complexity index is 325. The first-order chi connectivity index (χ1) is 9.49. The summed E-state index contributed by atoms with van der Waals surface area (Å²) < 4.78 is 0. The van der Waals surface area contributed by atoms with Gasteiger partial charge in [-0.25, -0.2) is 4.79 Å². The molecule has 2 N–H and O–H groups in total. The van der Waals surface area contributed by atoms with E-state index in [0.717, 1.165) is 45.1 Å². The summed E-state index contributed by atoms with van der Waals surface area (Å²) in [6.45, 7) is 3.32. The number of carbonyl (C=O) groups excluding carboxylic acids is 1. The van der Waals surface area contributed by atoms with Gasteiger partial charge in [-0.3, -0.25) is 4.79 Å². The van der Waals surface area contributed by atoms with Crippen LogP contribution in [0.2, 0.25) is 0 Å². The molecule has 1 aliphatic rings. The summed E-state index contributed by atoms with van der Waals surface area (Å²) in [7, 11) is 1.79. The summed E-state index contributed by atoms with van der Waals surface area (Å²) in [5.41, 5.74) is -0.245. The molecule has 0 bridgehead atoms. The van der Waals surface area contributed by atoms with Gasteiger partial charge in [0, 0.05) is 20.1 Å². The molecule has 0 aromatic rings. The number of amides is 2. The van der Waals surface area contributed by atoms with E-state index in [1.807, 2.05) is 0 Å². The average molecular weight is 284 g/mol. The first kappa shape index (κ1) is 16.8. The highest BCUT2D eigenvalue weighted by Crippen LogP contribution is 2.38. The van der Waals surface area contributed by atoms with E-state index >= 15 is 0 Å². The van der Waals surface area contributed by atoms with Gasteiger partial charge in [0.2, 0.25) is 0 Å². The van der Waals surface area contributed by atoms with E-state index in [9.17, 15) is 9.59 Å². The quantitative estimate of drug-likeness (QED) is 0.755. The van der Waals surface area contributed by atoms with E-state index in [1.54, 1.807) is 11.9 Å². The fourth-order valence-electron chi connectivity index (χ4n) is 2.93. The van der Waals surface area contributed by atoms with Gasteiger partial charge in [-0.05, 0) is 24.7 Å². The molecular weight excluding hydrogens is 256 g/mol. The molecule has 0 aliphatic heterocycles. The Labute approximate surface area is 121 Å². The van der Waals surface area contributed by atoms with Crippen molar-refractivity contribution in [3.8, 4) is 0 Å². The second-order valence-corrected chi connectivity index (χ2v) is 6.06. The summed E-state index contributed by atoms with van der Waals surface area (Å²) in [5.74, 6) is -0.763. The molecule has 1 saturated carbocycles. The monoisotopic (exact) mass is 284 g/mol. The third kappa shape index (κ3) is 5.39. The number of carbonyl (C=O) groups is 2. The van der Waals surface area contributed by atoms with E-state index in [1.165, 1.54) is 6.42 Å². The largest absolute Gasteiger partial charge is 0.481 e. The lowest BCUT2D eigenvalue weighted by molar-refractivity contribution is -0.140. The highest BCUT2D eigenvalue weighted by Gasteiger charge is 2.34. The first-order valence-corrected chi connectivity index (χ1v) is 7.70. The summed E-state index contributed by atoms with van der Waals surface area (Å²) in [5, 5.41) is 12.0. The number of nitrogens with one attached hydrogen (secondary N) is 1. The van der Waals surface area contributed by atoms with Crippen LogP contribution in [0, 0.1) is 5.41 Å².